The molecule has 6 nitrogen and oxygen atoms in total. The molecule has 0 bridgehead atoms. The van der Waals surface area contributed by atoms with E-state index in [1.807, 2.05) is 31.2 Å². The van der Waals surface area contributed by atoms with Gasteiger partial charge in [-0.15, -0.1) is 0 Å². The number of nitrogens with one attached hydrogen (secondary N) is 1. The number of nitrogens with zero attached hydrogens (tertiary/aromatic N) is 1. The topological polar surface area (TPSA) is 77.0 Å². The van der Waals surface area contributed by atoms with E-state index in [9.17, 15) is 9.59 Å². The maximum absolute atomic E-state index is 12.5. The molecule has 0 spiro atoms. The molecular formula is C29H22BrClN2O4. The van der Waals surface area contributed by atoms with E-state index in [0.717, 1.165) is 10.0 Å². The largest absolute Gasteiger partial charge is 0.489 e. The minimum absolute atomic E-state index is 0.288. The molecule has 1 amide bonds. The third-order valence-corrected chi connectivity index (χ3v) is 6.01. The lowest BCUT2D eigenvalue weighted by molar-refractivity contribution is 0.0734. The highest BCUT2D eigenvalue weighted by Crippen LogP contribution is 2.23. The second-order valence-electron chi connectivity index (χ2n) is 8.08. The summed E-state index contributed by atoms with van der Waals surface area (Å²) in [5.41, 5.74) is 6.01. The molecule has 0 aromatic heterocycles. The summed E-state index contributed by atoms with van der Waals surface area (Å²) >= 11 is 9.27. The van der Waals surface area contributed by atoms with Crippen molar-refractivity contribution in [2.24, 2.45) is 5.10 Å². The molecule has 4 aromatic rings. The summed E-state index contributed by atoms with van der Waals surface area (Å²) in [7, 11) is 0. The minimum Gasteiger partial charge on any atom is -0.489 e. The van der Waals surface area contributed by atoms with Gasteiger partial charge in [0.2, 0.25) is 0 Å². The van der Waals surface area contributed by atoms with Crippen LogP contribution in [0.1, 0.15) is 37.4 Å². The Hall–Kier alpha value is -3.94. The molecule has 0 fully saturated rings. The van der Waals surface area contributed by atoms with Crippen molar-refractivity contribution in [3.8, 4) is 11.5 Å². The Morgan fingerprint density at radius 2 is 1.59 bits per heavy atom. The Balaban J connectivity index is 1.36. The molecule has 4 rings (SSSR count). The first kappa shape index (κ1) is 26.1. The average Bonchev–Trinajstić information content (AvgIpc) is 2.90. The van der Waals surface area contributed by atoms with Crippen molar-refractivity contribution in [1.82, 2.24) is 5.43 Å². The van der Waals surface area contributed by atoms with Crippen molar-refractivity contribution in [3.05, 3.63) is 128 Å². The van der Waals surface area contributed by atoms with Gasteiger partial charge in [-0.3, -0.25) is 4.79 Å². The predicted octanol–water partition coefficient (Wildman–Crippen LogP) is 6.97. The molecule has 0 aliphatic heterocycles. The van der Waals surface area contributed by atoms with E-state index in [2.05, 4.69) is 26.5 Å². The SMILES string of the molecule is Cc1ccc(COc2ccc(C(=O)NN=Cc3cc(Br)ccc3OC(=O)c3ccc(Cl)cc3)cc2)cc1. The molecule has 0 heterocycles. The van der Waals surface area contributed by atoms with Crippen molar-refractivity contribution in [2.75, 3.05) is 0 Å². The number of hydrogen-bond donors (Lipinski definition) is 1. The number of carbonyl (C=O) groups excluding carboxylic acids is 2. The third-order valence-electron chi connectivity index (χ3n) is 5.27. The average molecular weight is 578 g/mol. The van der Waals surface area contributed by atoms with Gasteiger partial charge in [0.05, 0.1) is 11.8 Å². The number of benzene rings is 4. The van der Waals surface area contributed by atoms with Crippen LogP contribution in [0.25, 0.3) is 0 Å². The maximum atomic E-state index is 12.5. The van der Waals surface area contributed by atoms with Crippen LogP contribution in [-0.4, -0.2) is 18.1 Å². The molecule has 186 valence electrons. The standard InChI is InChI=1S/C29H22BrClN2O4/c1-19-2-4-20(5-3-19)18-36-26-13-8-21(9-14-26)28(34)33-32-17-23-16-24(30)10-15-27(23)37-29(35)22-6-11-25(31)12-7-22/h2-17H,18H2,1H3,(H,33,34). The van der Waals surface area contributed by atoms with Crippen LogP contribution >= 0.6 is 27.5 Å². The number of rotatable bonds is 8. The van der Waals surface area contributed by atoms with Gasteiger partial charge >= 0.3 is 5.97 Å². The van der Waals surface area contributed by atoms with Crippen LogP contribution in [0.2, 0.25) is 5.02 Å². The van der Waals surface area contributed by atoms with E-state index in [1.165, 1.54) is 11.8 Å². The van der Waals surface area contributed by atoms with Gasteiger partial charge in [-0.1, -0.05) is 57.4 Å². The Kier molecular flexibility index (Phi) is 8.72. The highest BCUT2D eigenvalue weighted by Gasteiger charge is 2.12. The molecule has 0 aliphatic carbocycles. The van der Waals surface area contributed by atoms with Gasteiger partial charge in [-0.2, -0.15) is 5.10 Å². The van der Waals surface area contributed by atoms with Gasteiger partial charge in [0.1, 0.15) is 18.1 Å². The predicted molar refractivity (Wildman–Crippen MR) is 148 cm³/mol. The van der Waals surface area contributed by atoms with Crippen molar-refractivity contribution in [3.63, 3.8) is 0 Å². The number of hydrogen-bond acceptors (Lipinski definition) is 5. The van der Waals surface area contributed by atoms with Crippen LogP contribution in [0.15, 0.2) is 101 Å². The molecule has 8 heteroatoms. The third kappa shape index (κ3) is 7.52. The van der Waals surface area contributed by atoms with Gasteiger partial charge in [-0.05, 0) is 79.2 Å². The van der Waals surface area contributed by atoms with Crippen LogP contribution in [0.5, 0.6) is 11.5 Å². The quantitative estimate of drug-likeness (QED) is 0.106. The van der Waals surface area contributed by atoms with Crippen molar-refractivity contribution in [1.29, 1.82) is 0 Å². The summed E-state index contributed by atoms with van der Waals surface area (Å²) in [4.78, 5) is 25.0. The Labute approximate surface area is 228 Å². The Morgan fingerprint density at radius 1 is 0.919 bits per heavy atom. The molecule has 4 aromatic carbocycles. The van der Waals surface area contributed by atoms with Crippen molar-refractivity contribution >= 4 is 45.6 Å². The van der Waals surface area contributed by atoms with Crippen molar-refractivity contribution < 1.29 is 19.1 Å². The van der Waals surface area contributed by atoms with Crippen LogP contribution < -0.4 is 14.9 Å². The Morgan fingerprint density at radius 3 is 2.30 bits per heavy atom. The first-order valence-electron chi connectivity index (χ1n) is 11.3. The van der Waals surface area contributed by atoms with Gasteiger partial charge < -0.3 is 9.47 Å². The van der Waals surface area contributed by atoms with Gasteiger partial charge in [0.15, 0.2) is 0 Å². The van der Waals surface area contributed by atoms with Gasteiger partial charge in [0.25, 0.3) is 5.91 Å². The zero-order valence-electron chi connectivity index (χ0n) is 19.8. The van der Waals surface area contributed by atoms with E-state index in [0.29, 0.717) is 34.1 Å². The number of carbonyl (C=O) groups is 2. The van der Waals surface area contributed by atoms with Gasteiger partial charge in [0, 0.05) is 20.6 Å². The zero-order valence-corrected chi connectivity index (χ0v) is 22.1. The molecule has 1 N–H and O–H groups in total. The fourth-order valence-corrected chi connectivity index (χ4v) is 3.74. The van der Waals surface area contributed by atoms with E-state index < -0.39 is 11.9 Å². The number of ether oxygens (including phenoxy) is 2. The number of esters is 1. The van der Waals surface area contributed by atoms with Crippen LogP contribution in [0.4, 0.5) is 0 Å². The second-order valence-corrected chi connectivity index (χ2v) is 9.43. The summed E-state index contributed by atoms with van der Waals surface area (Å²) in [6.45, 7) is 2.47. The lowest BCUT2D eigenvalue weighted by Gasteiger charge is -2.08. The first-order valence-corrected chi connectivity index (χ1v) is 12.4. The zero-order chi connectivity index (χ0) is 26.2. The molecule has 0 unspecified atom stereocenters. The van der Waals surface area contributed by atoms with Crippen molar-refractivity contribution in [2.45, 2.75) is 13.5 Å². The lowest BCUT2D eigenvalue weighted by atomic mass is 10.2. The Bertz CT molecular complexity index is 1420. The maximum Gasteiger partial charge on any atom is 0.343 e. The second kappa shape index (κ2) is 12.3. The first-order chi connectivity index (χ1) is 17.9. The van der Waals surface area contributed by atoms with E-state index >= 15 is 0 Å². The van der Waals surface area contributed by atoms with E-state index in [-0.39, 0.29) is 5.75 Å². The fourth-order valence-electron chi connectivity index (χ4n) is 3.24. The van der Waals surface area contributed by atoms with Crippen LogP contribution in [0.3, 0.4) is 0 Å². The fraction of sp³-hybridized carbons (Fsp3) is 0.0690. The highest BCUT2D eigenvalue weighted by molar-refractivity contribution is 9.10. The van der Waals surface area contributed by atoms with E-state index in [4.69, 9.17) is 21.1 Å². The minimum atomic E-state index is -0.539. The van der Waals surface area contributed by atoms with E-state index in [1.54, 1.807) is 66.7 Å². The smallest absolute Gasteiger partial charge is 0.343 e. The molecule has 0 aliphatic rings. The van der Waals surface area contributed by atoms with Crippen LogP contribution in [0, 0.1) is 6.92 Å². The number of halogens is 2. The normalized spacial score (nSPS) is 10.8. The summed E-state index contributed by atoms with van der Waals surface area (Å²) in [6.07, 6.45) is 1.41. The summed E-state index contributed by atoms with van der Waals surface area (Å²) in [5.74, 6) is 0.0107. The summed E-state index contributed by atoms with van der Waals surface area (Å²) < 4.78 is 12.1. The molecule has 0 radical (unpaired) electrons. The molecule has 0 saturated carbocycles. The number of amides is 1. The molecular weight excluding hydrogens is 556 g/mol. The summed E-state index contributed by atoms with van der Waals surface area (Å²) in [5, 5.41) is 4.55. The molecule has 37 heavy (non-hydrogen) atoms. The number of hydrazone groups is 1. The molecule has 0 atom stereocenters. The monoisotopic (exact) mass is 576 g/mol. The lowest BCUT2D eigenvalue weighted by Crippen LogP contribution is -2.17. The van der Waals surface area contributed by atoms with Gasteiger partial charge in [-0.25, -0.2) is 10.2 Å². The van der Waals surface area contributed by atoms with Crippen LogP contribution in [-0.2, 0) is 6.61 Å². The highest BCUT2D eigenvalue weighted by atomic mass is 79.9. The molecule has 0 saturated heterocycles. The number of aryl methyl sites for hydroxylation is 1. The summed E-state index contributed by atoms with van der Waals surface area (Å²) in [6, 6.07) is 26.4.